The van der Waals surface area contributed by atoms with Crippen molar-refractivity contribution in [3.8, 4) is 6.07 Å². The zero-order chi connectivity index (χ0) is 14.3. The van der Waals surface area contributed by atoms with E-state index in [4.69, 9.17) is 5.26 Å². The van der Waals surface area contributed by atoms with Crippen molar-refractivity contribution in [1.29, 1.82) is 5.26 Å². The number of halogens is 1. The fraction of sp³-hybridized carbons (Fsp3) is 0.533. The average Bonchev–Trinajstić information content (AvgIpc) is 2.41. The van der Waals surface area contributed by atoms with Crippen LogP contribution in [0.5, 0.6) is 0 Å². The van der Waals surface area contributed by atoms with E-state index in [1.807, 2.05) is 6.07 Å². The van der Waals surface area contributed by atoms with Gasteiger partial charge in [0, 0.05) is 25.7 Å². The molecule has 0 bridgehead atoms. The molecule has 0 amide bonds. The van der Waals surface area contributed by atoms with Crippen molar-refractivity contribution < 1.29 is 4.39 Å². The summed E-state index contributed by atoms with van der Waals surface area (Å²) in [6.45, 7) is 6.76. The van der Waals surface area contributed by atoms with Gasteiger partial charge >= 0.3 is 0 Å². The molecule has 0 spiro atoms. The van der Waals surface area contributed by atoms with Crippen molar-refractivity contribution in [2.45, 2.75) is 32.9 Å². The SMILES string of the molecule is CCC(C)N(C)CCNCc1cc(F)cc(C#N)c1. The first kappa shape index (κ1) is 15.6. The first-order chi connectivity index (χ1) is 9.06. The van der Waals surface area contributed by atoms with Gasteiger partial charge < -0.3 is 10.2 Å². The summed E-state index contributed by atoms with van der Waals surface area (Å²) in [4.78, 5) is 2.29. The highest BCUT2D eigenvalue weighted by atomic mass is 19.1. The van der Waals surface area contributed by atoms with E-state index in [9.17, 15) is 4.39 Å². The molecule has 1 aromatic carbocycles. The van der Waals surface area contributed by atoms with Crippen LogP contribution in [0.3, 0.4) is 0 Å². The summed E-state index contributed by atoms with van der Waals surface area (Å²) < 4.78 is 13.2. The second-order valence-corrected chi connectivity index (χ2v) is 4.87. The predicted molar refractivity (Wildman–Crippen MR) is 75.2 cm³/mol. The Labute approximate surface area is 115 Å². The van der Waals surface area contributed by atoms with Crippen molar-refractivity contribution >= 4 is 0 Å². The van der Waals surface area contributed by atoms with Gasteiger partial charge in [-0.25, -0.2) is 4.39 Å². The summed E-state index contributed by atoms with van der Waals surface area (Å²) in [5, 5.41) is 12.0. The molecule has 1 atom stereocenters. The monoisotopic (exact) mass is 263 g/mol. The molecule has 1 unspecified atom stereocenters. The van der Waals surface area contributed by atoms with Crippen LogP contribution in [0.25, 0.3) is 0 Å². The number of nitrogens with zero attached hydrogens (tertiary/aromatic N) is 2. The Kier molecular flexibility index (Phi) is 6.48. The first-order valence-corrected chi connectivity index (χ1v) is 6.67. The van der Waals surface area contributed by atoms with E-state index in [-0.39, 0.29) is 5.82 Å². The van der Waals surface area contributed by atoms with Crippen molar-refractivity contribution in [3.63, 3.8) is 0 Å². The largest absolute Gasteiger partial charge is 0.311 e. The van der Waals surface area contributed by atoms with Crippen LogP contribution in [-0.2, 0) is 6.54 Å². The number of likely N-dealkylation sites (N-methyl/N-ethyl adjacent to an activating group) is 1. The molecule has 19 heavy (non-hydrogen) atoms. The van der Waals surface area contributed by atoms with Gasteiger partial charge in [-0.3, -0.25) is 0 Å². The van der Waals surface area contributed by atoms with Gasteiger partial charge in [0.1, 0.15) is 5.82 Å². The Morgan fingerprint density at radius 3 is 2.79 bits per heavy atom. The highest BCUT2D eigenvalue weighted by Crippen LogP contribution is 2.08. The molecular formula is C15H22FN3. The van der Waals surface area contributed by atoms with Gasteiger partial charge in [0.25, 0.3) is 0 Å². The lowest BCUT2D eigenvalue weighted by Crippen LogP contribution is -2.34. The third-order valence-corrected chi connectivity index (χ3v) is 3.40. The van der Waals surface area contributed by atoms with Crippen molar-refractivity contribution in [2.75, 3.05) is 20.1 Å². The van der Waals surface area contributed by atoms with Gasteiger partial charge in [-0.1, -0.05) is 6.92 Å². The maximum atomic E-state index is 13.2. The van der Waals surface area contributed by atoms with Gasteiger partial charge in [-0.2, -0.15) is 5.26 Å². The van der Waals surface area contributed by atoms with Crippen molar-refractivity contribution in [2.24, 2.45) is 0 Å². The molecule has 0 heterocycles. The van der Waals surface area contributed by atoms with Crippen LogP contribution in [0, 0.1) is 17.1 Å². The summed E-state index contributed by atoms with van der Waals surface area (Å²) in [6.07, 6.45) is 1.13. The molecule has 1 N–H and O–H groups in total. The van der Waals surface area contributed by atoms with E-state index in [0.29, 0.717) is 18.2 Å². The summed E-state index contributed by atoms with van der Waals surface area (Å²) in [6, 6.07) is 6.97. The van der Waals surface area contributed by atoms with E-state index in [0.717, 1.165) is 25.1 Å². The molecule has 0 radical (unpaired) electrons. The van der Waals surface area contributed by atoms with Crippen molar-refractivity contribution in [3.05, 3.63) is 35.1 Å². The number of hydrogen-bond acceptors (Lipinski definition) is 3. The predicted octanol–water partition coefficient (Wildman–Crippen LogP) is 2.52. The van der Waals surface area contributed by atoms with Gasteiger partial charge in [0.05, 0.1) is 11.6 Å². The first-order valence-electron chi connectivity index (χ1n) is 6.67. The van der Waals surface area contributed by atoms with Crippen LogP contribution in [0.15, 0.2) is 18.2 Å². The number of benzene rings is 1. The summed E-state index contributed by atoms with van der Waals surface area (Å²) >= 11 is 0. The summed E-state index contributed by atoms with van der Waals surface area (Å²) in [5.74, 6) is -0.354. The second kappa shape index (κ2) is 7.88. The second-order valence-electron chi connectivity index (χ2n) is 4.87. The molecule has 0 saturated carbocycles. The van der Waals surface area contributed by atoms with Crippen molar-refractivity contribution in [1.82, 2.24) is 10.2 Å². The smallest absolute Gasteiger partial charge is 0.124 e. The van der Waals surface area contributed by atoms with Crippen LogP contribution in [0.4, 0.5) is 4.39 Å². The van der Waals surface area contributed by atoms with Crippen LogP contribution in [0.1, 0.15) is 31.4 Å². The molecule has 1 rings (SSSR count). The van der Waals surface area contributed by atoms with E-state index in [2.05, 4.69) is 31.1 Å². The lowest BCUT2D eigenvalue weighted by Gasteiger charge is -2.23. The molecule has 104 valence electrons. The van der Waals surface area contributed by atoms with Gasteiger partial charge in [-0.15, -0.1) is 0 Å². The minimum Gasteiger partial charge on any atom is -0.311 e. The van der Waals surface area contributed by atoms with E-state index in [1.54, 1.807) is 6.07 Å². The van der Waals surface area contributed by atoms with Crippen LogP contribution in [-0.4, -0.2) is 31.1 Å². The quantitative estimate of drug-likeness (QED) is 0.768. The standard InChI is InChI=1S/C15H22FN3/c1-4-12(2)19(3)6-5-18-11-14-7-13(10-17)8-15(16)9-14/h7-9,12,18H,4-6,11H2,1-3H3. The minimum absolute atomic E-state index is 0.354. The molecule has 0 aliphatic rings. The Morgan fingerprint density at radius 2 is 2.16 bits per heavy atom. The molecule has 3 nitrogen and oxygen atoms in total. The van der Waals surface area contributed by atoms with Gasteiger partial charge in [-0.05, 0) is 44.2 Å². The maximum absolute atomic E-state index is 13.2. The summed E-state index contributed by atoms with van der Waals surface area (Å²) in [5.41, 5.74) is 1.18. The number of hydrogen-bond donors (Lipinski definition) is 1. The van der Waals surface area contributed by atoms with Crippen LogP contribution < -0.4 is 5.32 Å². The molecule has 0 aliphatic heterocycles. The van der Waals surface area contributed by atoms with E-state index in [1.165, 1.54) is 12.1 Å². The Hall–Kier alpha value is -1.44. The fourth-order valence-electron chi connectivity index (χ4n) is 1.84. The molecule has 0 fully saturated rings. The third kappa shape index (κ3) is 5.37. The molecule has 0 aliphatic carbocycles. The molecular weight excluding hydrogens is 241 g/mol. The van der Waals surface area contributed by atoms with E-state index < -0.39 is 0 Å². The maximum Gasteiger partial charge on any atom is 0.124 e. The Balaban J connectivity index is 2.38. The highest BCUT2D eigenvalue weighted by Gasteiger charge is 2.05. The molecule has 1 aromatic rings. The average molecular weight is 263 g/mol. The van der Waals surface area contributed by atoms with E-state index >= 15 is 0 Å². The highest BCUT2D eigenvalue weighted by molar-refractivity contribution is 5.33. The minimum atomic E-state index is -0.354. The lowest BCUT2D eigenvalue weighted by molar-refractivity contribution is 0.251. The third-order valence-electron chi connectivity index (χ3n) is 3.40. The zero-order valence-corrected chi connectivity index (χ0v) is 11.9. The number of nitriles is 1. The lowest BCUT2D eigenvalue weighted by atomic mass is 10.1. The Bertz CT molecular complexity index is 440. The summed E-state index contributed by atoms with van der Waals surface area (Å²) in [7, 11) is 2.10. The molecule has 4 heteroatoms. The van der Waals surface area contributed by atoms with Crippen LogP contribution in [0.2, 0.25) is 0 Å². The number of rotatable bonds is 7. The topological polar surface area (TPSA) is 39.1 Å². The Morgan fingerprint density at radius 1 is 1.42 bits per heavy atom. The van der Waals surface area contributed by atoms with Gasteiger partial charge in [0.15, 0.2) is 0 Å². The molecule has 0 aromatic heterocycles. The normalized spacial score (nSPS) is 12.4. The van der Waals surface area contributed by atoms with Gasteiger partial charge in [0.2, 0.25) is 0 Å². The van der Waals surface area contributed by atoms with Crippen LogP contribution >= 0.6 is 0 Å². The number of nitrogens with one attached hydrogen (secondary N) is 1. The molecule has 0 saturated heterocycles. The zero-order valence-electron chi connectivity index (χ0n) is 11.9. The fourth-order valence-corrected chi connectivity index (χ4v) is 1.84.